The molecule has 0 fully saturated rings. The van der Waals surface area contributed by atoms with Gasteiger partial charge in [0.25, 0.3) is 0 Å². The van der Waals surface area contributed by atoms with Crippen LogP contribution in [0.15, 0.2) is 60.2 Å². The first-order valence-corrected chi connectivity index (χ1v) is 9.57. The average Bonchev–Trinajstić information content (AvgIpc) is 2.67. The van der Waals surface area contributed by atoms with Gasteiger partial charge in [0.05, 0.1) is 11.4 Å². The zero-order chi connectivity index (χ0) is 20.8. The van der Waals surface area contributed by atoms with Gasteiger partial charge in [-0.1, -0.05) is 29.8 Å². The highest BCUT2D eigenvalue weighted by Gasteiger charge is 2.11. The molecule has 0 atom stereocenters. The topological polar surface area (TPSA) is 79.5 Å². The highest BCUT2D eigenvalue weighted by Crippen LogP contribution is 2.29. The molecule has 0 unspecified atom stereocenters. The van der Waals surface area contributed by atoms with Gasteiger partial charge in [-0.2, -0.15) is 0 Å². The Morgan fingerprint density at radius 1 is 1.10 bits per heavy atom. The third-order valence-corrected chi connectivity index (χ3v) is 4.24. The number of amides is 3. The summed E-state index contributed by atoms with van der Waals surface area (Å²) in [6.07, 6.45) is 5.05. The van der Waals surface area contributed by atoms with Gasteiger partial charge in [0.1, 0.15) is 12.4 Å². The smallest absolute Gasteiger partial charge is 0.319 e. The maximum absolute atomic E-state index is 12.4. The van der Waals surface area contributed by atoms with Crippen LogP contribution in [-0.4, -0.2) is 24.6 Å². The van der Waals surface area contributed by atoms with Crippen LogP contribution < -0.4 is 20.7 Å². The monoisotopic (exact) mass is 411 g/mol. The van der Waals surface area contributed by atoms with Crippen LogP contribution in [0.1, 0.15) is 19.4 Å². The standard InChI is InChI=1S/C22H22ClN3O3/c1-14(2)24-22(28)26-19-6-4-3-5-18(19)25-21(27)10-7-15-11-16-12-17(23)8-9-20(16)29-13-15/h3-12,14H,13H2,1-2H3,(H,25,27)(H2,24,26,28)/b10-7+. The van der Waals surface area contributed by atoms with Crippen molar-refractivity contribution in [2.24, 2.45) is 0 Å². The van der Waals surface area contributed by atoms with Crippen molar-refractivity contribution in [3.05, 3.63) is 70.8 Å². The summed E-state index contributed by atoms with van der Waals surface area (Å²) >= 11 is 6.02. The minimum Gasteiger partial charge on any atom is -0.488 e. The zero-order valence-corrected chi connectivity index (χ0v) is 16.9. The van der Waals surface area contributed by atoms with E-state index >= 15 is 0 Å². The van der Waals surface area contributed by atoms with E-state index in [1.165, 1.54) is 6.08 Å². The van der Waals surface area contributed by atoms with Crippen molar-refractivity contribution in [3.63, 3.8) is 0 Å². The molecule has 1 heterocycles. The first kappa shape index (κ1) is 20.5. The summed E-state index contributed by atoms with van der Waals surface area (Å²) in [5.41, 5.74) is 2.73. The molecule has 29 heavy (non-hydrogen) atoms. The quantitative estimate of drug-likeness (QED) is 0.616. The van der Waals surface area contributed by atoms with Crippen LogP contribution in [0.2, 0.25) is 5.02 Å². The number of hydrogen-bond donors (Lipinski definition) is 3. The summed E-state index contributed by atoms with van der Waals surface area (Å²) in [6.45, 7) is 4.11. The highest BCUT2D eigenvalue weighted by atomic mass is 35.5. The van der Waals surface area contributed by atoms with E-state index in [1.807, 2.05) is 32.1 Å². The molecular weight excluding hydrogens is 390 g/mol. The van der Waals surface area contributed by atoms with Crippen molar-refractivity contribution in [1.29, 1.82) is 0 Å². The fourth-order valence-corrected chi connectivity index (χ4v) is 2.92. The molecule has 0 spiro atoms. The number of rotatable bonds is 5. The van der Waals surface area contributed by atoms with Gasteiger partial charge in [-0.3, -0.25) is 4.79 Å². The number of benzene rings is 2. The minimum absolute atomic E-state index is 0.00526. The van der Waals surface area contributed by atoms with Crippen LogP contribution in [0, 0.1) is 0 Å². The Hall–Kier alpha value is -3.25. The highest BCUT2D eigenvalue weighted by molar-refractivity contribution is 6.30. The second kappa shape index (κ2) is 9.30. The number of nitrogens with one attached hydrogen (secondary N) is 3. The summed E-state index contributed by atoms with van der Waals surface area (Å²) < 4.78 is 5.67. The molecule has 3 amide bonds. The Balaban J connectivity index is 1.66. The summed E-state index contributed by atoms with van der Waals surface area (Å²) in [4.78, 5) is 24.3. The van der Waals surface area contributed by atoms with Crippen molar-refractivity contribution >= 4 is 41.0 Å². The normalized spacial score (nSPS) is 12.8. The van der Waals surface area contributed by atoms with Crippen LogP contribution in [0.3, 0.4) is 0 Å². The summed E-state index contributed by atoms with van der Waals surface area (Å²) in [5.74, 6) is 0.442. The van der Waals surface area contributed by atoms with Gasteiger partial charge in [-0.25, -0.2) is 4.79 Å². The number of carbonyl (C=O) groups is 2. The molecule has 3 rings (SSSR count). The van der Waals surface area contributed by atoms with E-state index in [9.17, 15) is 9.59 Å². The fourth-order valence-electron chi connectivity index (χ4n) is 2.74. The molecule has 0 saturated heterocycles. The van der Waals surface area contributed by atoms with Crippen molar-refractivity contribution < 1.29 is 14.3 Å². The number of anilines is 2. The first-order valence-electron chi connectivity index (χ1n) is 9.19. The van der Waals surface area contributed by atoms with Gasteiger partial charge >= 0.3 is 6.03 Å². The van der Waals surface area contributed by atoms with Crippen LogP contribution in [0.4, 0.5) is 16.2 Å². The van der Waals surface area contributed by atoms with Crippen LogP contribution in [-0.2, 0) is 4.79 Å². The number of para-hydroxylation sites is 2. The zero-order valence-electron chi connectivity index (χ0n) is 16.2. The molecule has 2 aromatic carbocycles. The van der Waals surface area contributed by atoms with E-state index in [4.69, 9.17) is 16.3 Å². The van der Waals surface area contributed by atoms with E-state index in [0.717, 1.165) is 16.9 Å². The number of ether oxygens (including phenoxy) is 1. The molecule has 0 bridgehead atoms. The molecule has 0 aromatic heterocycles. The number of halogens is 1. The van der Waals surface area contributed by atoms with Crippen molar-refractivity contribution in [2.75, 3.05) is 17.2 Å². The summed E-state index contributed by atoms with van der Waals surface area (Å²) in [7, 11) is 0. The van der Waals surface area contributed by atoms with Crippen LogP contribution in [0.25, 0.3) is 6.08 Å². The fraction of sp³-hybridized carbons (Fsp3) is 0.182. The van der Waals surface area contributed by atoms with Crippen molar-refractivity contribution in [1.82, 2.24) is 5.32 Å². The van der Waals surface area contributed by atoms with E-state index in [2.05, 4.69) is 16.0 Å². The summed E-state index contributed by atoms with van der Waals surface area (Å²) in [6, 6.07) is 12.1. The van der Waals surface area contributed by atoms with Gasteiger partial charge in [0.15, 0.2) is 0 Å². The number of fused-ring (bicyclic) bond motifs is 1. The predicted molar refractivity (Wildman–Crippen MR) is 116 cm³/mol. The van der Waals surface area contributed by atoms with Gasteiger partial charge in [0.2, 0.25) is 5.91 Å². The maximum Gasteiger partial charge on any atom is 0.319 e. The molecule has 2 aromatic rings. The molecule has 3 N–H and O–H groups in total. The Labute approximate surface area is 174 Å². The number of urea groups is 1. The molecule has 1 aliphatic rings. The Morgan fingerprint density at radius 3 is 2.55 bits per heavy atom. The van der Waals surface area contributed by atoms with E-state index in [-0.39, 0.29) is 18.0 Å². The molecule has 0 aliphatic carbocycles. The minimum atomic E-state index is -0.334. The molecule has 7 heteroatoms. The molecule has 150 valence electrons. The Bertz CT molecular complexity index is 983. The predicted octanol–water partition coefficient (Wildman–Crippen LogP) is 4.84. The second-order valence-corrected chi connectivity index (χ2v) is 7.25. The van der Waals surface area contributed by atoms with Crippen molar-refractivity contribution in [3.8, 4) is 5.75 Å². The average molecular weight is 412 g/mol. The lowest BCUT2D eigenvalue weighted by Crippen LogP contribution is -2.34. The lowest BCUT2D eigenvalue weighted by molar-refractivity contribution is -0.111. The van der Waals surface area contributed by atoms with Crippen LogP contribution >= 0.6 is 11.6 Å². The summed E-state index contributed by atoms with van der Waals surface area (Å²) in [5, 5.41) is 8.88. The lowest BCUT2D eigenvalue weighted by atomic mass is 10.1. The van der Waals surface area contributed by atoms with Gasteiger partial charge in [-0.05, 0) is 55.8 Å². The SMILES string of the molecule is CC(C)NC(=O)Nc1ccccc1NC(=O)/C=C/C1=Cc2cc(Cl)ccc2OC1. The number of carbonyl (C=O) groups excluding carboxylic acids is 2. The van der Waals surface area contributed by atoms with Gasteiger partial charge in [0, 0.05) is 22.7 Å². The maximum atomic E-state index is 12.4. The van der Waals surface area contributed by atoms with Crippen molar-refractivity contribution in [2.45, 2.75) is 19.9 Å². The molecule has 6 nitrogen and oxygen atoms in total. The van der Waals surface area contributed by atoms with Gasteiger partial charge in [-0.15, -0.1) is 0 Å². The van der Waals surface area contributed by atoms with E-state index < -0.39 is 0 Å². The molecule has 1 aliphatic heterocycles. The second-order valence-electron chi connectivity index (χ2n) is 6.81. The molecule has 0 radical (unpaired) electrons. The third-order valence-electron chi connectivity index (χ3n) is 4.01. The first-order chi connectivity index (χ1) is 13.9. The molecular formula is C22H22ClN3O3. The number of hydrogen-bond acceptors (Lipinski definition) is 3. The molecule has 0 saturated carbocycles. The van der Waals surface area contributed by atoms with E-state index in [0.29, 0.717) is 23.0 Å². The van der Waals surface area contributed by atoms with Gasteiger partial charge < -0.3 is 20.7 Å². The largest absolute Gasteiger partial charge is 0.488 e. The third kappa shape index (κ3) is 5.86. The van der Waals surface area contributed by atoms with Crippen LogP contribution in [0.5, 0.6) is 5.75 Å². The van der Waals surface area contributed by atoms with E-state index in [1.54, 1.807) is 36.4 Å². The Kier molecular flexibility index (Phi) is 6.57. The lowest BCUT2D eigenvalue weighted by Gasteiger charge is -2.16. The Morgan fingerprint density at radius 2 is 1.83 bits per heavy atom.